The van der Waals surface area contributed by atoms with E-state index in [0.29, 0.717) is 0 Å². The van der Waals surface area contributed by atoms with Gasteiger partial charge < -0.3 is 11.5 Å². The highest BCUT2D eigenvalue weighted by Gasteiger charge is 1.80. The van der Waals surface area contributed by atoms with Gasteiger partial charge in [0.25, 0.3) is 0 Å². The molecule has 0 aliphatic heterocycles. The van der Waals surface area contributed by atoms with E-state index in [0.717, 1.165) is 5.70 Å². The summed E-state index contributed by atoms with van der Waals surface area (Å²) in [4.78, 5) is 3.73. The molecule has 0 aliphatic rings. The fourth-order valence-electron chi connectivity index (χ4n) is 0.411. The molecule has 0 amide bonds. The minimum absolute atomic E-state index is 0.0746. The number of guanidine groups is 1. The van der Waals surface area contributed by atoms with Crippen LogP contribution in [0, 0.1) is 0 Å². The first-order valence-corrected chi connectivity index (χ1v) is 2.55. The number of aliphatic imine (C=N–C) groups is 1. The molecule has 0 aliphatic carbocycles. The van der Waals surface area contributed by atoms with Crippen LogP contribution in [-0.4, -0.2) is 5.96 Å². The van der Waals surface area contributed by atoms with Crippen molar-refractivity contribution in [2.45, 2.75) is 6.92 Å². The summed E-state index contributed by atoms with van der Waals surface area (Å²) < 4.78 is 0. The highest BCUT2D eigenvalue weighted by atomic mass is 15.0. The molecule has 0 saturated carbocycles. The van der Waals surface area contributed by atoms with E-state index >= 15 is 0 Å². The summed E-state index contributed by atoms with van der Waals surface area (Å²) in [5.74, 6) is 0.0746. The highest BCUT2D eigenvalue weighted by Crippen LogP contribution is 1.91. The second kappa shape index (κ2) is 3.72. The summed E-state index contributed by atoms with van der Waals surface area (Å²) in [6.07, 6.45) is 3.35. The molecule has 9 heavy (non-hydrogen) atoms. The van der Waals surface area contributed by atoms with Crippen LogP contribution in [-0.2, 0) is 0 Å². The van der Waals surface area contributed by atoms with E-state index in [2.05, 4.69) is 11.6 Å². The summed E-state index contributed by atoms with van der Waals surface area (Å²) in [5, 5.41) is 0. The van der Waals surface area contributed by atoms with Crippen molar-refractivity contribution in [2.75, 3.05) is 0 Å². The third-order valence-electron chi connectivity index (χ3n) is 0.665. The van der Waals surface area contributed by atoms with Crippen molar-refractivity contribution in [2.24, 2.45) is 16.5 Å². The van der Waals surface area contributed by atoms with Crippen LogP contribution in [0.5, 0.6) is 0 Å². The van der Waals surface area contributed by atoms with Crippen molar-refractivity contribution in [1.82, 2.24) is 0 Å². The molecule has 0 aromatic carbocycles. The number of nitrogens with two attached hydrogens (primary N) is 2. The average molecular weight is 125 g/mol. The molecule has 0 bridgehead atoms. The van der Waals surface area contributed by atoms with E-state index in [1.165, 1.54) is 0 Å². The van der Waals surface area contributed by atoms with Crippen molar-refractivity contribution >= 4 is 5.96 Å². The Labute approximate surface area is 54.8 Å². The van der Waals surface area contributed by atoms with Gasteiger partial charge >= 0.3 is 0 Å². The lowest BCUT2D eigenvalue weighted by atomic mass is 10.4. The first kappa shape index (κ1) is 7.75. The zero-order chi connectivity index (χ0) is 7.28. The van der Waals surface area contributed by atoms with Gasteiger partial charge in [-0.3, -0.25) is 0 Å². The third-order valence-corrected chi connectivity index (χ3v) is 0.665. The molecule has 0 unspecified atom stereocenters. The van der Waals surface area contributed by atoms with Crippen LogP contribution in [0.15, 0.2) is 29.4 Å². The lowest BCUT2D eigenvalue weighted by Crippen LogP contribution is -2.22. The molecule has 0 aromatic rings. The van der Waals surface area contributed by atoms with E-state index in [1.807, 2.05) is 0 Å². The fourth-order valence-corrected chi connectivity index (χ4v) is 0.411. The van der Waals surface area contributed by atoms with Crippen LogP contribution in [0.4, 0.5) is 0 Å². The Morgan fingerprint density at radius 1 is 1.56 bits per heavy atom. The van der Waals surface area contributed by atoms with Gasteiger partial charge in [-0.1, -0.05) is 12.7 Å². The van der Waals surface area contributed by atoms with E-state index in [4.69, 9.17) is 11.5 Å². The summed E-state index contributed by atoms with van der Waals surface area (Å²) in [7, 11) is 0. The minimum Gasteiger partial charge on any atom is -0.370 e. The number of nitrogens with zero attached hydrogens (tertiary/aromatic N) is 1. The zero-order valence-corrected chi connectivity index (χ0v) is 5.46. The van der Waals surface area contributed by atoms with Crippen LogP contribution in [0.3, 0.4) is 0 Å². The monoisotopic (exact) mass is 125 g/mol. The van der Waals surface area contributed by atoms with Crippen molar-refractivity contribution in [3.63, 3.8) is 0 Å². The Kier molecular flexibility index (Phi) is 3.20. The number of rotatable bonds is 2. The molecule has 0 rings (SSSR count). The van der Waals surface area contributed by atoms with Gasteiger partial charge in [0.15, 0.2) is 5.96 Å². The SMILES string of the molecule is C=C/C=C(\C)N=C(N)N. The van der Waals surface area contributed by atoms with Crippen molar-refractivity contribution in [1.29, 1.82) is 0 Å². The first-order chi connectivity index (χ1) is 4.16. The van der Waals surface area contributed by atoms with Crippen molar-refractivity contribution in [3.8, 4) is 0 Å². The molecular weight excluding hydrogens is 114 g/mol. The maximum Gasteiger partial charge on any atom is 0.190 e. The molecule has 0 saturated heterocycles. The van der Waals surface area contributed by atoms with Crippen LogP contribution in [0.2, 0.25) is 0 Å². The molecule has 50 valence electrons. The maximum atomic E-state index is 5.08. The average Bonchev–Trinajstić information content (AvgIpc) is 1.63. The molecule has 4 N–H and O–H groups in total. The maximum absolute atomic E-state index is 5.08. The number of hydrogen-bond donors (Lipinski definition) is 2. The smallest absolute Gasteiger partial charge is 0.190 e. The minimum atomic E-state index is 0.0746. The van der Waals surface area contributed by atoms with Gasteiger partial charge in [-0.25, -0.2) is 4.99 Å². The van der Waals surface area contributed by atoms with Crippen LogP contribution >= 0.6 is 0 Å². The quantitative estimate of drug-likeness (QED) is 0.318. The van der Waals surface area contributed by atoms with Crippen LogP contribution < -0.4 is 11.5 Å². The van der Waals surface area contributed by atoms with Gasteiger partial charge in [-0.2, -0.15) is 0 Å². The van der Waals surface area contributed by atoms with Crippen molar-refractivity contribution < 1.29 is 0 Å². The fraction of sp³-hybridized carbons (Fsp3) is 0.167. The molecule has 3 nitrogen and oxygen atoms in total. The number of allylic oxidation sites excluding steroid dienone is 3. The Morgan fingerprint density at radius 2 is 2.11 bits per heavy atom. The molecule has 0 spiro atoms. The summed E-state index contributed by atoms with van der Waals surface area (Å²) in [6, 6.07) is 0. The highest BCUT2D eigenvalue weighted by molar-refractivity contribution is 5.76. The molecule has 0 aromatic heterocycles. The van der Waals surface area contributed by atoms with Crippen LogP contribution in [0.25, 0.3) is 0 Å². The van der Waals surface area contributed by atoms with Crippen molar-refractivity contribution in [3.05, 3.63) is 24.4 Å². The summed E-state index contributed by atoms with van der Waals surface area (Å²) in [6.45, 7) is 5.27. The van der Waals surface area contributed by atoms with E-state index < -0.39 is 0 Å². The van der Waals surface area contributed by atoms with Gasteiger partial charge in [0.05, 0.1) is 0 Å². The predicted molar refractivity (Wildman–Crippen MR) is 39.8 cm³/mol. The topological polar surface area (TPSA) is 64.4 Å². The Morgan fingerprint density at radius 3 is 2.44 bits per heavy atom. The van der Waals surface area contributed by atoms with E-state index in [1.54, 1.807) is 19.1 Å². The largest absolute Gasteiger partial charge is 0.370 e. The number of hydrogen-bond acceptors (Lipinski definition) is 1. The Bertz CT molecular complexity index is 152. The standard InChI is InChI=1S/C6H11N3/c1-3-4-5(2)9-6(7)8/h3-4H,1H2,2H3,(H4,7,8,9)/b5-4+. The molecule has 0 heterocycles. The van der Waals surface area contributed by atoms with E-state index in [-0.39, 0.29) is 5.96 Å². The van der Waals surface area contributed by atoms with Gasteiger partial charge in [0, 0.05) is 5.70 Å². The van der Waals surface area contributed by atoms with Gasteiger partial charge in [-0.15, -0.1) is 0 Å². The van der Waals surface area contributed by atoms with E-state index in [9.17, 15) is 0 Å². The molecule has 0 radical (unpaired) electrons. The van der Waals surface area contributed by atoms with Gasteiger partial charge in [0.2, 0.25) is 0 Å². The third kappa shape index (κ3) is 4.61. The Balaban J connectivity index is 4.05. The van der Waals surface area contributed by atoms with Gasteiger partial charge in [0.1, 0.15) is 0 Å². The lowest BCUT2D eigenvalue weighted by Gasteiger charge is -1.89. The molecule has 3 heteroatoms. The van der Waals surface area contributed by atoms with Gasteiger partial charge in [-0.05, 0) is 13.0 Å². The second-order valence-electron chi connectivity index (χ2n) is 1.58. The second-order valence-corrected chi connectivity index (χ2v) is 1.58. The zero-order valence-electron chi connectivity index (χ0n) is 5.46. The first-order valence-electron chi connectivity index (χ1n) is 2.55. The van der Waals surface area contributed by atoms with Crippen LogP contribution in [0.1, 0.15) is 6.92 Å². The normalized spacial score (nSPS) is 10.6. The Hall–Kier alpha value is -1.25. The summed E-state index contributed by atoms with van der Waals surface area (Å²) in [5.41, 5.74) is 10.9. The lowest BCUT2D eigenvalue weighted by molar-refractivity contribution is 1.27. The molecular formula is C6H11N3. The molecule has 0 atom stereocenters. The molecule has 0 fully saturated rings. The summed E-state index contributed by atoms with van der Waals surface area (Å²) >= 11 is 0. The predicted octanol–water partition coefficient (Wildman–Crippen LogP) is 0.350.